The van der Waals surface area contributed by atoms with Crippen molar-refractivity contribution in [2.24, 2.45) is 5.41 Å². The van der Waals surface area contributed by atoms with Gasteiger partial charge >= 0.3 is 0 Å². The maximum Gasteiger partial charge on any atom is 0.258 e. The van der Waals surface area contributed by atoms with E-state index in [1.165, 1.54) is 17.0 Å². The van der Waals surface area contributed by atoms with Gasteiger partial charge in [-0.1, -0.05) is 11.8 Å². The zero-order valence-corrected chi connectivity index (χ0v) is 30.5. The van der Waals surface area contributed by atoms with Crippen LogP contribution in [0.25, 0.3) is 10.4 Å². The number of nitrogens with zero attached hydrogens (tertiary/aromatic N) is 2. The average molecular weight is 712 g/mol. The summed E-state index contributed by atoms with van der Waals surface area (Å²) in [6, 6.07) is 13.9. The van der Waals surface area contributed by atoms with Gasteiger partial charge in [-0.05, 0) is 118 Å². The van der Waals surface area contributed by atoms with Crippen LogP contribution in [-0.4, -0.2) is 55.2 Å². The summed E-state index contributed by atoms with van der Waals surface area (Å²) in [5, 5.41) is 12.3. The van der Waals surface area contributed by atoms with Gasteiger partial charge in [-0.3, -0.25) is 14.5 Å². The number of dihydropyridines is 1. The van der Waals surface area contributed by atoms with E-state index in [4.69, 9.17) is 4.74 Å². The normalized spacial score (nSPS) is 25.5. The third-order valence-corrected chi connectivity index (χ3v) is 13.7. The SMILES string of the molecule is CC1=CNC(C)(N2CC3(CCOCC3)C2)C(C(=O)Nc2ccc(C(=O)N3CCc4cc(C5(C)NC(C)=CS5)sc4-c4ccc(F)cc43)cc2)=C1. The molecule has 8 nitrogen and oxygen atoms in total. The molecule has 5 aliphatic heterocycles. The highest BCUT2D eigenvalue weighted by Crippen LogP contribution is 2.49. The summed E-state index contributed by atoms with van der Waals surface area (Å²) in [4.78, 5) is 33.9. The molecule has 50 heavy (non-hydrogen) atoms. The first-order chi connectivity index (χ1) is 24.0. The lowest BCUT2D eigenvalue weighted by Crippen LogP contribution is -2.71. The molecule has 1 aromatic heterocycles. The van der Waals surface area contributed by atoms with Crippen LogP contribution in [0, 0.1) is 11.2 Å². The number of anilines is 2. The predicted octanol–water partition coefficient (Wildman–Crippen LogP) is 7.33. The van der Waals surface area contributed by atoms with Crippen molar-refractivity contribution in [3.63, 3.8) is 0 Å². The molecule has 2 fully saturated rings. The second-order valence-electron chi connectivity index (χ2n) is 14.6. The molecule has 2 aromatic carbocycles. The Hall–Kier alpha value is -3.90. The smallest absolute Gasteiger partial charge is 0.258 e. The fourth-order valence-electron chi connectivity index (χ4n) is 7.86. The molecule has 0 aliphatic carbocycles. The monoisotopic (exact) mass is 711 g/mol. The van der Waals surface area contributed by atoms with Crippen LogP contribution in [-0.2, 0) is 20.8 Å². The summed E-state index contributed by atoms with van der Waals surface area (Å²) < 4.78 is 20.4. The van der Waals surface area contributed by atoms with Crippen molar-refractivity contribution in [3.8, 4) is 10.4 Å². The van der Waals surface area contributed by atoms with Gasteiger partial charge in [0.25, 0.3) is 11.8 Å². The molecule has 2 saturated heterocycles. The van der Waals surface area contributed by atoms with Gasteiger partial charge in [0.1, 0.15) is 16.4 Å². The van der Waals surface area contributed by atoms with E-state index in [1.807, 2.05) is 19.2 Å². The largest absolute Gasteiger partial charge is 0.381 e. The molecule has 3 N–H and O–H groups in total. The van der Waals surface area contributed by atoms with E-state index in [0.717, 1.165) is 66.4 Å². The van der Waals surface area contributed by atoms with Gasteiger partial charge in [-0.25, -0.2) is 4.39 Å². The van der Waals surface area contributed by atoms with Crippen molar-refractivity contribution in [3.05, 3.63) is 105 Å². The van der Waals surface area contributed by atoms with Crippen LogP contribution < -0.4 is 20.9 Å². The molecule has 2 atom stereocenters. The minimum atomic E-state index is -0.638. The topological polar surface area (TPSA) is 85.9 Å². The molecule has 11 heteroatoms. The predicted molar refractivity (Wildman–Crippen MR) is 199 cm³/mol. The Morgan fingerprint density at radius 2 is 1.78 bits per heavy atom. The maximum atomic E-state index is 14.8. The van der Waals surface area contributed by atoms with Crippen LogP contribution >= 0.6 is 23.1 Å². The summed E-state index contributed by atoms with van der Waals surface area (Å²) in [5.41, 5.74) is 6.04. The number of hydrogen-bond donors (Lipinski definition) is 3. The number of nitrogens with one attached hydrogen (secondary N) is 3. The number of thioether (sulfide) groups is 1. The number of likely N-dealkylation sites (tertiary alicyclic amines) is 1. The number of ether oxygens (including phenoxy) is 1. The molecular formula is C39H42FN5O3S2. The van der Waals surface area contributed by atoms with Crippen LogP contribution in [0.2, 0.25) is 0 Å². The summed E-state index contributed by atoms with van der Waals surface area (Å²) in [6.07, 6.45) is 6.68. The Morgan fingerprint density at radius 3 is 2.50 bits per heavy atom. The molecular weight excluding hydrogens is 670 g/mol. The number of amides is 2. The molecule has 1 spiro atoms. The van der Waals surface area contributed by atoms with Gasteiger partial charge < -0.3 is 25.6 Å². The van der Waals surface area contributed by atoms with E-state index < -0.39 is 5.66 Å². The minimum absolute atomic E-state index is 0.187. The van der Waals surface area contributed by atoms with Crippen molar-refractivity contribution in [2.45, 2.75) is 57.5 Å². The number of halogens is 1. The molecule has 2 amide bonds. The second kappa shape index (κ2) is 12.4. The molecule has 260 valence electrons. The number of carbonyl (C=O) groups excluding carboxylic acids is 2. The highest BCUT2D eigenvalue weighted by Gasteiger charge is 2.52. The molecule has 0 radical (unpaired) electrons. The van der Waals surface area contributed by atoms with Gasteiger partial charge in [0.15, 0.2) is 0 Å². The lowest BCUT2D eigenvalue weighted by molar-refractivity contribution is -0.127. The van der Waals surface area contributed by atoms with E-state index in [-0.39, 0.29) is 27.9 Å². The van der Waals surface area contributed by atoms with Crippen molar-refractivity contribution in [2.75, 3.05) is 43.1 Å². The van der Waals surface area contributed by atoms with Crippen molar-refractivity contribution in [1.29, 1.82) is 0 Å². The third kappa shape index (κ3) is 5.78. The van der Waals surface area contributed by atoms with E-state index in [9.17, 15) is 14.0 Å². The summed E-state index contributed by atoms with van der Waals surface area (Å²) in [6.45, 7) is 12.1. The van der Waals surface area contributed by atoms with Crippen LogP contribution in [0.5, 0.6) is 0 Å². The Morgan fingerprint density at radius 1 is 1.02 bits per heavy atom. The van der Waals surface area contributed by atoms with Crippen LogP contribution in [0.1, 0.15) is 61.3 Å². The summed E-state index contributed by atoms with van der Waals surface area (Å²) in [7, 11) is 0. The lowest BCUT2D eigenvalue weighted by Gasteiger charge is -2.59. The van der Waals surface area contributed by atoms with Crippen molar-refractivity contribution in [1.82, 2.24) is 15.5 Å². The van der Waals surface area contributed by atoms with E-state index >= 15 is 0 Å². The van der Waals surface area contributed by atoms with Crippen molar-refractivity contribution < 1.29 is 18.7 Å². The number of hydrogen-bond acceptors (Lipinski definition) is 8. The quantitative estimate of drug-likeness (QED) is 0.256. The van der Waals surface area contributed by atoms with Crippen LogP contribution in [0.15, 0.2) is 83.1 Å². The fraction of sp³-hybridized carbons (Fsp3) is 0.385. The Bertz CT molecular complexity index is 1970. The van der Waals surface area contributed by atoms with Crippen LogP contribution in [0.4, 0.5) is 15.8 Å². The number of fused-ring (bicyclic) bond motifs is 3. The molecule has 6 heterocycles. The van der Waals surface area contributed by atoms with E-state index in [1.54, 1.807) is 58.3 Å². The third-order valence-electron chi connectivity index (χ3n) is 10.9. The summed E-state index contributed by atoms with van der Waals surface area (Å²) >= 11 is 3.45. The Labute approximate surface area is 300 Å². The molecule has 0 bridgehead atoms. The lowest BCUT2D eigenvalue weighted by atomic mass is 9.71. The Balaban J connectivity index is 0.996. The van der Waals surface area contributed by atoms with Gasteiger partial charge in [0, 0.05) is 76.7 Å². The standard InChI is InChI=1S/C39H42FN5O3S2/c1-24-17-31(37(3,41-20-24)44-22-39(23-44)12-15-48-16-13-39)35(46)42-29-8-5-26(6-9-29)36(47)45-14-11-27-18-33(38(4)43-25(2)21-49-38)50-34(27)30-10-7-28(40)19-32(30)45/h5-10,17-21,41,43H,11-16,22-23H2,1-4H3,(H,42,46). The van der Waals surface area contributed by atoms with Gasteiger partial charge in [0.2, 0.25) is 0 Å². The minimum Gasteiger partial charge on any atom is -0.381 e. The first kappa shape index (κ1) is 33.3. The van der Waals surface area contributed by atoms with Gasteiger partial charge in [0.05, 0.1) is 11.3 Å². The van der Waals surface area contributed by atoms with Crippen LogP contribution in [0.3, 0.4) is 0 Å². The number of allylic oxidation sites excluding steroid dienone is 3. The first-order valence-electron chi connectivity index (χ1n) is 17.2. The number of thiophene rings is 1. The molecule has 3 aromatic rings. The zero-order chi connectivity index (χ0) is 34.8. The highest BCUT2D eigenvalue weighted by molar-refractivity contribution is 8.03. The molecule has 0 saturated carbocycles. The average Bonchev–Trinajstić information content (AvgIpc) is 3.65. The number of benzene rings is 2. The number of rotatable bonds is 5. The Kier molecular flexibility index (Phi) is 8.25. The fourth-order valence-corrected chi connectivity index (χ4v) is 10.2. The molecule has 2 unspecified atom stereocenters. The van der Waals surface area contributed by atoms with Gasteiger partial charge in [-0.15, -0.1) is 11.3 Å². The molecule has 5 aliphatic rings. The summed E-state index contributed by atoms with van der Waals surface area (Å²) in [5.74, 6) is -0.783. The first-order valence-corrected chi connectivity index (χ1v) is 18.9. The molecule has 8 rings (SSSR count). The zero-order valence-electron chi connectivity index (χ0n) is 28.8. The number of carbonyl (C=O) groups is 2. The second-order valence-corrected chi connectivity index (χ2v) is 16.9. The maximum absolute atomic E-state index is 14.8. The van der Waals surface area contributed by atoms with E-state index in [0.29, 0.717) is 35.5 Å². The van der Waals surface area contributed by atoms with Crippen molar-refractivity contribution >= 4 is 46.3 Å². The van der Waals surface area contributed by atoms with E-state index in [2.05, 4.69) is 53.1 Å². The van der Waals surface area contributed by atoms with Gasteiger partial charge in [-0.2, -0.15) is 0 Å². The highest BCUT2D eigenvalue weighted by atomic mass is 32.2.